The average molecular weight is 370 g/mol. The van der Waals surface area contributed by atoms with Gasteiger partial charge in [-0.15, -0.1) is 0 Å². The molecule has 0 spiro atoms. The number of aromatic carboxylic acids is 1. The van der Waals surface area contributed by atoms with Crippen LogP contribution in [0.5, 0.6) is 0 Å². The molecule has 0 aromatic heterocycles. The topological polar surface area (TPSA) is 133 Å². The summed E-state index contributed by atoms with van der Waals surface area (Å²) in [5, 5.41) is 23.2. The van der Waals surface area contributed by atoms with E-state index < -0.39 is 23.9 Å². The third-order valence-corrected chi connectivity index (χ3v) is 3.71. The zero-order valence-electron chi connectivity index (χ0n) is 14.4. The molecule has 0 unspecified atom stereocenters. The van der Waals surface area contributed by atoms with E-state index in [0.29, 0.717) is 11.3 Å². The first-order chi connectivity index (χ1) is 12.8. The first kappa shape index (κ1) is 19.6. The van der Waals surface area contributed by atoms with Gasteiger partial charge in [0.1, 0.15) is 6.04 Å². The van der Waals surface area contributed by atoms with Gasteiger partial charge in [-0.2, -0.15) is 0 Å². The van der Waals surface area contributed by atoms with Crippen molar-refractivity contribution in [2.45, 2.75) is 19.4 Å². The van der Waals surface area contributed by atoms with Gasteiger partial charge in [-0.1, -0.05) is 12.1 Å². The molecule has 0 saturated heterocycles. The van der Waals surface area contributed by atoms with Gasteiger partial charge in [0, 0.05) is 24.6 Å². The van der Waals surface area contributed by atoms with Crippen molar-refractivity contribution >= 4 is 29.4 Å². The smallest absolute Gasteiger partial charge is 0.335 e. The SMILES string of the molecule is CC(=O)Nc1ccc(C(=O)N[C@@H](Cc2ccc(C(=O)O)cc2)C(=O)O)cc1. The van der Waals surface area contributed by atoms with Gasteiger partial charge in [0.2, 0.25) is 5.91 Å². The van der Waals surface area contributed by atoms with Crippen LogP contribution in [0.4, 0.5) is 5.69 Å². The molecule has 1 atom stereocenters. The van der Waals surface area contributed by atoms with E-state index in [-0.39, 0.29) is 23.5 Å². The second-order valence-electron chi connectivity index (χ2n) is 5.83. The van der Waals surface area contributed by atoms with E-state index in [9.17, 15) is 24.3 Å². The van der Waals surface area contributed by atoms with Crippen molar-refractivity contribution in [1.29, 1.82) is 0 Å². The number of amides is 2. The van der Waals surface area contributed by atoms with Crippen LogP contribution >= 0.6 is 0 Å². The van der Waals surface area contributed by atoms with Crippen molar-refractivity contribution in [1.82, 2.24) is 5.32 Å². The molecular weight excluding hydrogens is 352 g/mol. The van der Waals surface area contributed by atoms with Gasteiger partial charge in [0.25, 0.3) is 5.91 Å². The van der Waals surface area contributed by atoms with Crippen molar-refractivity contribution in [3.8, 4) is 0 Å². The largest absolute Gasteiger partial charge is 0.480 e. The maximum absolute atomic E-state index is 12.3. The highest BCUT2D eigenvalue weighted by atomic mass is 16.4. The second kappa shape index (κ2) is 8.61. The highest BCUT2D eigenvalue weighted by Gasteiger charge is 2.21. The zero-order chi connectivity index (χ0) is 20.0. The van der Waals surface area contributed by atoms with Crippen LogP contribution in [0, 0.1) is 0 Å². The Bertz CT molecular complexity index is 859. The lowest BCUT2D eigenvalue weighted by atomic mass is 10.0. The van der Waals surface area contributed by atoms with Crippen molar-refractivity contribution in [2.24, 2.45) is 0 Å². The molecule has 8 nitrogen and oxygen atoms in total. The minimum absolute atomic E-state index is 0.00491. The first-order valence-electron chi connectivity index (χ1n) is 8.00. The number of nitrogens with one attached hydrogen (secondary N) is 2. The number of hydrogen-bond donors (Lipinski definition) is 4. The van der Waals surface area contributed by atoms with Crippen molar-refractivity contribution in [3.63, 3.8) is 0 Å². The van der Waals surface area contributed by atoms with Crippen molar-refractivity contribution in [3.05, 3.63) is 65.2 Å². The predicted molar refractivity (Wildman–Crippen MR) is 96.7 cm³/mol. The number of aliphatic carboxylic acids is 1. The van der Waals surface area contributed by atoms with Crippen LogP contribution in [-0.4, -0.2) is 40.0 Å². The Hall–Kier alpha value is -3.68. The molecule has 0 radical (unpaired) electrons. The number of hydrogen-bond acceptors (Lipinski definition) is 4. The van der Waals surface area contributed by atoms with Crippen molar-refractivity contribution < 1.29 is 29.4 Å². The lowest BCUT2D eigenvalue weighted by Gasteiger charge is -2.15. The molecule has 2 aromatic carbocycles. The summed E-state index contributed by atoms with van der Waals surface area (Å²) < 4.78 is 0. The van der Waals surface area contributed by atoms with Crippen LogP contribution in [0.3, 0.4) is 0 Å². The molecule has 2 rings (SSSR count). The van der Waals surface area contributed by atoms with Crippen LogP contribution in [-0.2, 0) is 16.0 Å². The molecule has 8 heteroatoms. The standard InChI is InChI=1S/C19H18N2O6/c1-11(22)20-15-8-6-13(7-9-15)17(23)21-16(19(26)27)10-12-2-4-14(5-3-12)18(24)25/h2-9,16H,10H2,1H3,(H,20,22)(H,21,23)(H,24,25)(H,26,27)/t16-/m0/s1. The first-order valence-corrected chi connectivity index (χ1v) is 8.00. The molecule has 0 aliphatic heterocycles. The summed E-state index contributed by atoms with van der Waals surface area (Å²) in [5.41, 5.74) is 1.44. The summed E-state index contributed by atoms with van der Waals surface area (Å²) in [6.07, 6.45) is 0.00491. The Kier molecular flexibility index (Phi) is 6.27. The highest BCUT2D eigenvalue weighted by Crippen LogP contribution is 2.11. The molecule has 140 valence electrons. The number of carbonyl (C=O) groups excluding carboxylic acids is 2. The summed E-state index contributed by atoms with van der Waals surface area (Å²) in [7, 11) is 0. The summed E-state index contributed by atoms with van der Waals surface area (Å²) in [6.45, 7) is 1.36. The summed E-state index contributed by atoms with van der Waals surface area (Å²) in [5.74, 6) is -3.10. The number of carboxylic acid groups (broad SMARTS) is 2. The van der Waals surface area contributed by atoms with E-state index in [1.54, 1.807) is 0 Å². The van der Waals surface area contributed by atoms with E-state index in [0.717, 1.165) is 0 Å². The minimum Gasteiger partial charge on any atom is -0.480 e. The Balaban J connectivity index is 2.06. The molecule has 0 saturated carbocycles. The number of anilines is 1. The van der Waals surface area contributed by atoms with E-state index in [2.05, 4.69) is 10.6 Å². The number of carboxylic acids is 2. The Morgan fingerprint density at radius 3 is 1.93 bits per heavy atom. The van der Waals surface area contributed by atoms with Gasteiger partial charge in [0.05, 0.1) is 5.56 Å². The molecule has 0 heterocycles. The molecule has 27 heavy (non-hydrogen) atoms. The fourth-order valence-corrected chi connectivity index (χ4v) is 2.37. The van der Waals surface area contributed by atoms with Crippen LogP contribution in [0.15, 0.2) is 48.5 Å². The van der Waals surface area contributed by atoms with Crippen LogP contribution in [0.25, 0.3) is 0 Å². The summed E-state index contributed by atoms with van der Waals surface area (Å²) in [6, 6.07) is 10.6. The molecule has 4 N–H and O–H groups in total. The zero-order valence-corrected chi connectivity index (χ0v) is 14.4. The predicted octanol–water partition coefficient (Wildman–Crippen LogP) is 1.77. The van der Waals surface area contributed by atoms with Crippen LogP contribution in [0.2, 0.25) is 0 Å². The fourth-order valence-electron chi connectivity index (χ4n) is 2.37. The number of rotatable bonds is 7. The van der Waals surface area contributed by atoms with E-state index in [4.69, 9.17) is 5.11 Å². The maximum atomic E-state index is 12.3. The molecule has 0 bridgehead atoms. The molecule has 0 fully saturated rings. The van der Waals surface area contributed by atoms with Gasteiger partial charge >= 0.3 is 11.9 Å². The molecule has 0 aliphatic carbocycles. The lowest BCUT2D eigenvalue weighted by molar-refractivity contribution is -0.139. The van der Waals surface area contributed by atoms with Crippen molar-refractivity contribution in [2.75, 3.05) is 5.32 Å². The van der Waals surface area contributed by atoms with Crippen LogP contribution < -0.4 is 10.6 Å². The normalized spacial score (nSPS) is 11.3. The summed E-state index contributed by atoms with van der Waals surface area (Å²) >= 11 is 0. The Morgan fingerprint density at radius 2 is 1.44 bits per heavy atom. The van der Waals surface area contributed by atoms with E-state index in [1.165, 1.54) is 55.5 Å². The van der Waals surface area contributed by atoms with Gasteiger partial charge in [-0.3, -0.25) is 9.59 Å². The Morgan fingerprint density at radius 1 is 0.889 bits per heavy atom. The number of benzene rings is 2. The highest BCUT2D eigenvalue weighted by molar-refractivity contribution is 5.97. The van der Waals surface area contributed by atoms with Gasteiger partial charge in [-0.25, -0.2) is 9.59 Å². The maximum Gasteiger partial charge on any atom is 0.335 e. The average Bonchev–Trinajstić information content (AvgIpc) is 2.61. The van der Waals surface area contributed by atoms with E-state index in [1.807, 2.05) is 0 Å². The third kappa shape index (κ3) is 5.67. The summed E-state index contributed by atoms with van der Waals surface area (Å²) in [4.78, 5) is 45.6. The minimum atomic E-state index is -1.21. The third-order valence-electron chi connectivity index (χ3n) is 3.71. The van der Waals surface area contributed by atoms with Gasteiger partial charge in [0.15, 0.2) is 0 Å². The second-order valence-corrected chi connectivity index (χ2v) is 5.83. The molecule has 2 aromatic rings. The fraction of sp³-hybridized carbons (Fsp3) is 0.158. The molecule has 0 aliphatic rings. The Labute approximate surface area is 154 Å². The number of carbonyl (C=O) groups is 4. The quantitative estimate of drug-likeness (QED) is 0.587. The molecular formula is C19H18N2O6. The molecule has 2 amide bonds. The monoisotopic (exact) mass is 370 g/mol. The lowest BCUT2D eigenvalue weighted by Crippen LogP contribution is -2.42. The van der Waals surface area contributed by atoms with E-state index >= 15 is 0 Å². The van der Waals surface area contributed by atoms with Gasteiger partial charge < -0.3 is 20.8 Å². The van der Waals surface area contributed by atoms with Gasteiger partial charge in [-0.05, 0) is 42.0 Å². The van der Waals surface area contributed by atoms with Crippen LogP contribution in [0.1, 0.15) is 33.2 Å².